The third-order valence-corrected chi connectivity index (χ3v) is 5.86. The van der Waals surface area contributed by atoms with E-state index in [4.69, 9.17) is 15.2 Å². The van der Waals surface area contributed by atoms with E-state index in [0.29, 0.717) is 22.5 Å². The molecule has 0 spiro atoms. The number of nitrogens with two attached hydrogens (primary N) is 1. The Bertz CT molecular complexity index is 1290. The lowest BCUT2D eigenvalue weighted by atomic mass is 10.0. The molecule has 0 radical (unpaired) electrons. The second-order valence-corrected chi connectivity index (χ2v) is 8.16. The SMILES string of the molecule is C=CCOC(=O)C(Oc1nc(-c2cccs2)cc(-c2ccc(N=O)cc2)c1N)c1ccccc1. The minimum absolute atomic E-state index is 0.0477. The van der Waals surface area contributed by atoms with Gasteiger partial charge in [0.15, 0.2) is 0 Å². The number of benzene rings is 2. The molecule has 0 bridgehead atoms. The van der Waals surface area contributed by atoms with Crippen LogP contribution in [0.15, 0.2) is 96.0 Å². The number of anilines is 1. The smallest absolute Gasteiger partial charge is 0.352 e. The lowest BCUT2D eigenvalue weighted by molar-refractivity contribution is -0.151. The van der Waals surface area contributed by atoms with Crippen molar-refractivity contribution >= 4 is 28.7 Å². The number of esters is 1. The zero-order chi connectivity index (χ0) is 23.9. The van der Waals surface area contributed by atoms with Crippen LogP contribution in [0.5, 0.6) is 5.88 Å². The van der Waals surface area contributed by atoms with E-state index >= 15 is 0 Å². The van der Waals surface area contributed by atoms with Crippen LogP contribution in [0.25, 0.3) is 21.7 Å². The Kier molecular flexibility index (Phi) is 7.10. The van der Waals surface area contributed by atoms with Gasteiger partial charge in [0.1, 0.15) is 18.0 Å². The number of nitrogen functional groups attached to an aromatic ring is 1. The van der Waals surface area contributed by atoms with E-state index in [-0.39, 0.29) is 18.2 Å². The standard InChI is InChI=1S/C26H21N3O4S/c1-2-14-32-26(30)24(18-7-4-3-5-8-18)33-25-23(27)20(17-10-12-19(29-31)13-11-17)16-21(28-25)22-9-6-15-34-22/h2-13,15-16,24H,1,14,27H2. The summed E-state index contributed by atoms with van der Waals surface area (Å²) in [5.74, 6) is -0.486. The maximum absolute atomic E-state index is 12.9. The maximum Gasteiger partial charge on any atom is 0.352 e. The zero-order valence-electron chi connectivity index (χ0n) is 18.1. The summed E-state index contributed by atoms with van der Waals surface area (Å²) in [7, 11) is 0. The second-order valence-electron chi connectivity index (χ2n) is 7.22. The highest BCUT2D eigenvalue weighted by Crippen LogP contribution is 2.39. The van der Waals surface area contributed by atoms with Gasteiger partial charge in [-0.05, 0) is 40.4 Å². The number of ether oxygens (including phenoxy) is 2. The van der Waals surface area contributed by atoms with Crippen LogP contribution in [0.3, 0.4) is 0 Å². The van der Waals surface area contributed by atoms with Gasteiger partial charge in [-0.25, -0.2) is 9.78 Å². The van der Waals surface area contributed by atoms with E-state index < -0.39 is 12.1 Å². The van der Waals surface area contributed by atoms with Crippen molar-refractivity contribution in [2.45, 2.75) is 6.10 Å². The largest absolute Gasteiger partial charge is 0.458 e. The van der Waals surface area contributed by atoms with E-state index in [1.54, 1.807) is 48.5 Å². The summed E-state index contributed by atoms with van der Waals surface area (Å²) in [5, 5.41) is 4.89. The van der Waals surface area contributed by atoms with Crippen molar-refractivity contribution in [3.8, 4) is 27.6 Å². The minimum Gasteiger partial charge on any atom is -0.458 e. The van der Waals surface area contributed by atoms with Gasteiger partial charge in [-0.3, -0.25) is 0 Å². The van der Waals surface area contributed by atoms with Crippen LogP contribution in [-0.2, 0) is 9.53 Å². The quantitative estimate of drug-likeness (QED) is 0.174. The fourth-order valence-corrected chi connectivity index (χ4v) is 4.01. The predicted octanol–water partition coefficient (Wildman–Crippen LogP) is 6.31. The summed E-state index contributed by atoms with van der Waals surface area (Å²) >= 11 is 1.52. The number of pyridine rings is 1. The van der Waals surface area contributed by atoms with Crippen LogP contribution >= 0.6 is 11.3 Å². The van der Waals surface area contributed by atoms with E-state index in [0.717, 1.165) is 10.4 Å². The van der Waals surface area contributed by atoms with Gasteiger partial charge in [0.2, 0.25) is 12.0 Å². The van der Waals surface area contributed by atoms with Crippen molar-refractivity contribution in [2.75, 3.05) is 12.3 Å². The fourth-order valence-electron chi connectivity index (χ4n) is 3.32. The number of nitrogens with zero attached hydrogens (tertiary/aromatic N) is 2. The summed E-state index contributed by atoms with van der Waals surface area (Å²) in [6.07, 6.45) is 0.406. The average Bonchev–Trinajstić information content (AvgIpc) is 3.42. The zero-order valence-corrected chi connectivity index (χ0v) is 18.9. The van der Waals surface area contributed by atoms with Gasteiger partial charge >= 0.3 is 5.97 Å². The Morgan fingerprint density at radius 2 is 1.88 bits per heavy atom. The molecule has 1 atom stereocenters. The van der Waals surface area contributed by atoms with Crippen molar-refractivity contribution in [1.82, 2.24) is 4.98 Å². The Morgan fingerprint density at radius 1 is 1.12 bits per heavy atom. The van der Waals surface area contributed by atoms with Crippen molar-refractivity contribution in [1.29, 1.82) is 0 Å². The van der Waals surface area contributed by atoms with Crippen molar-refractivity contribution in [3.05, 3.63) is 101 Å². The number of carbonyl (C=O) groups excluding carboxylic acids is 1. The van der Waals surface area contributed by atoms with Crippen LogP contribution in [0.4, 0.5) is 11.4 Å². The molecular formula is C26H21N3O4S. The van der Waals surface area contributed by atoms with Crippen LogP contribution in [-0.4, -0.2) is 17.6 Å². The predicted molar refractivity (Wildman–Crippen MR) is 134 cm³/mol. The minimum atomic E-state index is -1.08. The third-order valence-electron chi connectivity index (χ3n) is 4.97. The molecule has 2 heterocycles. The number of rotatable bonds is 9. The molecule has 2 aromatic heterocycles. The van der Waals surface area contributed by atoms with Gasteiger partial charge in [-0.2, -0.15) is 0 Å². The highest BCUT2D eigenvalue weighted by molar-refractivity contribution is 7.13. The summed E-state index contributed by atoms with van der Waals surface area (Å²) < 4.78 is 11.4. The highest BCUT2D eigenvalue weighted by atomic mass is 32.1. The molecule has 34 heavy (non-hydrogen) atoms. The molecule has 8 heteroatoms. The van der Waals surface area contributed by atoms with Crippen molar-refractivity contribution in [3.63, 3.8) is 0 Å². The average molecular weight is 472 g/mol. The molecule has 4 aromatic rings. The lowest BCUT2D eigenvalue weighted by Crippen LogP contribution is -2.22. The first-order chi connectivity index (χ1) is 16.6. The molecule has 0 aliphatic carbocycles. The second kappa shape index (κ2) is 10.5. The van der Waals surface area contributed by atoms with Gasteiger partial charge in [0.25, 0.3) is 0 Å². The summed E-state index contributed by atoms with van der Waals surface area (Å²) in [6, 6.07) is 21.4. The van der Waals surface area contributed by atoms with Crippen LogP contribution in [0.2, 0.25) is 0 Å². The molecule has 0 saturated carbocycles. The van der Waals surface area contributed by atoms with Crippen LogP contribution in [0, 0.1) is 4.91 Å². The van der Waals surface area contributed by atoms with Crippen LogP contribution < -0.4 is 10.5 Å². The number of hydrogen-bond acceptors (Lipinski definition) is 8. The van der Waals surface area contributed by atoms with E-state index in [2.05, 4.69) is 16.7 Å². The highest BCUT2D eigenvalue weighted by Gasteiger charge is 2.27. The van der Waals surface area contributed by atoms with E-state index in [1.807, 2.05) is 29.6 Å². The summed E-state index contributed by atoms with van der Waals surface area (Å²) in [6.45, 7) is 3.63. The van der Waals surface area contributed by atoms with Gasteiger partial charge < -0.3 is 15.2 Å². The molecule has 0 aliphatic heterocycles. The number of carbonyl (C=O) groups is 1. The fraction of sp³-hybridized carbons (Fsp3) is 0.0769. The summed E-state index contributed by atoms with van der Waals surface area (Å²) in [5.41, 5.74) is 9.69. The van der Waals surface area contributed by atoms with Crippen LogP contribution in [0.1, 0.15) is 11.7 Å². The Hall–Kier alpha value is -4.30. The van der Waals surface area contributed by atoms with Crippen molar-refractivity contribution in [2.24, 2.45) is 5.18 Å². The molecule has 2 aromatic carbocycles. The molecule has 0 amide bonds. The van der Waals surface area contributed by atoms with Gasteiger partial charge in [-0.1, -0.05) is 61.2 Å². The number of aromatic nitrogens is 1. The first kappa shape index (κ1) is 22.9. The number of thiophene rings is 1. The van der Waals surface area contributed by atoms with Crippen molar-refractivity contribution < 1.29 is 14.3 Å². The maximum atomic E-state index is 12.9. The Morgan fingerprint density at radius 3 is 2.53 bits per heavy atom. The molecule has 7 nitrogen and oxygen atoms in total. The molecule has 2 N–H and O–H groups in total. The van der Waals surface area contributed by atoms with E-state index in [1.165, 1.54) is 17.4 Å². The monoisotopic (exact) mass is 471 g/mol. The third kappa shape index (κ3) is 5.02. The lowest BCUT2D eigenvalue weighted by Gasteiger charge is -2.20. The molecular weight excluding hydrogens is 450 g/mol. The van der Waals surface area contributed by atoms with E-state index in [9.17, 15) is 9.70 Å². The Labute approximate surface area is 200 Å². The first-order valence-corrected chi connectivity index (χ1v) is 11.3. The summed E-state index contributed by atoms with van der Waals surface area (Å²) in [4.78, 5) is 29.2. The Balaban J connectivity index is 1.81. The van der Waals surface area contributed by atoms with Gasteiger partial charge in [0, 0.05) is 11.1 Å². The molecule has 1 unspecified atom stereocenters. The number of hydrogen-bond donors (Lipinski definition) is 1. The molecule has 170 valence electrons. The molecule has 0 fully saturated rings. The number of nitroso groups, excluding NO2 is 1. The normalized spacial score (nSPS) is 11.4. The molecule has 0 saturated heterocycles. The molecule has 0 aliphatic rings. The topological polar surface area (TPSA) is 104 Å². The van der Waals surface area contributed by atoms with Gasteiger partial charge in [0.05, 0.1) is 10.6 Å². The first-order valence-electron chi connectivity index (χ1n) is 10.4. The molecule has 4 rings (SSSR count). The van der Waals surface area contributed by atoms with Gasteiger partial charge in [-0.15, -0.1) is 16.2 Å².